The van der Waals surface area contributed by atoms with Gasteiger partial charge >= 0.3 is 0 Å². The van der Waals surface area contributed by atoms with Gasteiger partial charge in [-0.2, -0.15) is 0 Å². The van der Waals surface area contributed by atoms with E-state index in [1.165, 1.54) is 11.0 Å². The molecule has 0 aliphatic heterocycles. The number of hydrogen-bond acceptors (Lipinski definition) is 1. The third kappa shape index (κ3) is 3.38. The first-order valence-corrected chi connectivity index (χ1v) is 6.02. The summed E-state index contributed by atoms with van der Waals surface area (Å²) in [6, 6.07) is 18.5. The zero-order valence-corrected chi connectivity index (χ0v) is 10.4. The summed E-state index contributed by atoms with van der Waals surface area (Å²) in [6.45, 7) is 5.62. The summed E-state index contributed by atoms with van der Waals surface area (Å²) >= 11 is 0. The van der Waals surface area contributed by atoms with Gasteiger partial charge in [-0.1, -0.05) is 61.6 Å². The van der Waals surface area contributed by atoms with Gasteiger partial charge in [-0.15, -0.1) is 0 Å². The molecule has 0 aliphatic carbocycles. The smallest absolute Gasteiger partial charge is 0.169 e. The molecule has 0 fully saturated rings. The van der Waals surface area contributed by atoms with Crippen molar-refractivity contribution in [1.29, 1.82) is 0 Å². The molecule has 0 atom stereocenters. The van der Waals surface area contributed by atoms with Crippen molar-refractivity contribution in [2.24, 2.45) is 0 Å². The maximum Gasteiger partial charge on any atom is 0.169 e. The normalized spacial score (nSPS) is 10.0. The van der Waals surface area contributed by atoms with Crippen LogP contribution in [0.4, 0.5) is 0 Å². The van der Waals surface area contributed by atoms with Crippen molar-refractivity contribution in [1.82, 2.24) is 0 Å². The standard InChI is InChI=1S/C15H17BO/c1-16(2)14-10-8-13(9-11-14)12-17-15-6-4-3-5-7-15/h3-11H,12H2,1-2H3. The van der Waals surface area contributed by atoms with Gasteiger partial charge in [0.05, 0.1) is 0 Å². The first-order valence-electron chi connectivity index (χ1n) is 6.02. The predicted octanol–water partition coefficient (Wildman–Crippen LogP) is 3.23. The molecule has 2 aromatic rings. The molecule has 1 nitrogen and oxygen atoms in total. The van der Waals surface area contributed by atoms with Crippen molar-refractivity contribution in [3.8, 4) is 5.75 Å². The summed E-state index contributed by atoms with van der Waals surface area (Å²) in [6.07, 6.45) is 0. The highest BCUT2D eigenvalue weighted by Gasteiger charge is 2.02. The first-order chi connectivity index (χ1) is 8.25. The zero-order chi connectivity index (χ0) is 12.1. The van der Waals surface area contributed by atoms with Gasteiger partial charge in [0.1, 0.15) is 12.4 Å². The molecule has 0 spiro atoms. The van der Waals surface area contributed by atoms with Crippen LogP contribution in [0.5, 0.6) is 5.75 Å². The van der Waals surface area contributed by atoms with Crippen LogP contribution in [-0.2, 0) is 6.61 Å². The van der Waals surface area contributed by atoms with E-state index in [0.29, 0.717) is 13.3 Å². The van der Waals surface area contributed by atoms with E-state index < -0.39 is 0 Å². The SMILES string of the molecule is CB(C)c1ccc(COc2ccccc2)cc1. The summed E-state index contributed by atoms with van der Waals surface area (Å²) in [7, 11) is 0. The molecular weight excluding hydrogens is 207 g/mol. The maximum atomic E-state index is 5.69. The van der Waals surface area contributed by atoms with Gasteiger partial charge in [0, 0.05) is 0 Å². The van der Waals surface area contributed by atoms with Gasteiger partial charge < -0.3 is 4.74 Å². The fraction of sp³-hybridized carbons (Fsp3) is 0.200. The van der Waals surface area contributed by atoms with E-state index >= 15 is 0 Å². The maximum absolute atomic E-state index is 5.69. The van der Waals surface area contributed by atoms with E-state index in [0.717, 1.165) is 5.75 Å². The fourth-order valence-electron chi connectivity index (χ4n) is 1.68. The molecule has 0 unspecified atom stereocenters. The Morgan fingerprint density at radius 3 is 2.12 bits per heavy atom. The van der Waals surface area contributed by atoms with Crippen LogP contribution in [0.25, 0.3) is 0 Å². The minimum atomic E-state index is 0.582. The van der Waals surface area contributed by atoms with Gasteiger partial charge in [0.25, 0.3) is 0 Å². The second-order valence-corrected chi connectivity index (χ2v) is 4.50. The number of benzene rings is 2. The number of para-hydroxylation sites is 1. The van der Waals surface area contributed by atoms with Crippen LogP contribution in [-0.4, -0.2) is 6.71 Å². The van der Waals surface area contributed by atoms with Crippen molar-refractivity contribution in [2.45, 2.75) is 20.3 Å². The van der Waals surface area contributed by atoms with Gasteiger partial charge in [-0.05, 0) is 17.7 Å². The molecule has 2 aromatic carbocycles. The highest BCUT2D eigenvalue weighted by atomic mass is 16.5. The molecule has 0 aromatic heterocycles. The van der Waals surface area contributed by atoms with Crippen LogP contribution < -0.4 is 10.2 Å². The Balaban J connectivity index is 1.96. The van der Waals surface area contributed by atoms with Crippen molar-refractivity contribution in [3.05, 3.63) is 60.2 Å². The third-order valence-electron chi connectivity index (χ3n) is 2.80. The molecule has 0 bridgehead atoms. The van der Waals surface area contributed by atoms with Crippen LogP contribution in [0.15, 0.2) is 54.6 Å². The molecule has 2 heteroatoms. The monoisotopic (exact) mass is 224 g/mol. The summed E-state index contributed by atoms with van der Waals surface area (Å²) in [4.78, 5) is 0. The quantitative estimate of drug-likeness (QED) is 0.724. The largest absolute Gasteiger partial charge is 0.489 e. The van der Waals surface area contributed by atoms with Crippen molar-refractivity contribution in [3.63, 3.8) is 0 Å². The van der Waals surface area contributed by atoms with Gasteiger partial charge in [-0.3, -0.25) is 0 Å². The third-order valence-corrected chi connectivity index (χ3v) is 2.80. The minimum Gasteiger partial charge on any atom is -0.489 e. The Morgan fingerprint density at radius 2 is 1.53 bits per heavy atom. The molecular formula is C15H17BO. The second kappa shape index (κ2) is 5.58. The lowest BCUT2D eigenvalue weighted by Crippen LogP contribution is -2.22. The summed E-state index contributed by atoms with van der Waals surface area (Å²) in [5.74, 6) is 0.917. The van der Waals surface area contributed by atoms with Crippen LogP contribution in [0, 0.1) is 0 Å². The van der Waals surface area contributed by atoms with Crippen LogP contribution in [0.2, 0.25) is 13.6 Å². The van der Waals surface area contributed by atoms with Gasteiger partial charge in [-0.25, -0.2) is 0 Å². The zero-order valence-electron chi connectivity index (χ0n) is 10.4. The molecule has 0 aliphatic rings. The van der Waals surface area contributed by atoms with Gasteiger partial charge in [0.2, 0.25) is 0 Å². The molecule has 17 heavy (non-hydrogen) atoms. The van der Waals surface area contributed by atoms with Crippen LogP contribution in [0.3, 0.4) is 0 Å². The Bertz CT molecular complexity index is 448. The topological polar surface area (TPSA) is 9.23 Å². The molecule has 0 N–H and O–H groups in total. The molecule has 0 saturated heterocycles. The van der Waals surface area contributed by atoms with E-state index in [2.05, 4.69) is 37.9 Å². The van der Waals surface area contributed by atoms with E-state index in [1.807, 2.05) is 30.3 Å². The van der Waals surface area contributed by atoms with Gasteiger partial charge in [0.15, 0.2) is 6.71 Å². The van der Waals surface area contributed by atoms with Crippen LogP contribution >= 0.6 is 0 Å². The van der Waals surface area contributed by atoms with Crippen molar-refractivity contribution < 1.29 is 4.74 Å². The average Bonchev–Trinajstić information content (AvgIpc) is 2.38. The molecule has 0 radical (unpaired) electrons. The molecule has 86 valence electrons. The lowest BCUT2D eigenvalue weighted by atomic mass is 9.49. The van der Waals surface area contributed by atoms with E-state index in [4.69, 9.17) is 4.74 Å². The molecule has 2 rings (SSSR count). The highest BCUT2D eigenvalue weighted by Crippen LogP contribution is 2.11. The summed E-state index contributed by atoms with van der Waals surface area (Å²) in [5.41, 5.74) is 2.58. The van der Waals surface area contributed by atoms with Crippen LogP contribution in [0.1, 0.15) is 5.56 Å². The first kappa shape index (κ1) is 11.8. The number of ether oxygens (including phenoxy) is 1. The molecule has 0 amide bonds. The lowest BCUT2D eigenvalue weighted by Gasteiger charge is -2.07. The Morgan fingerprint density at radius 1 is 0.882 bits per heavy atom. The average molecular weight is 224 g/mol. The number of rotatable bonds is 4. The summed E-state index contributed by atoms with van der Waals surface area (Å²) < 4.78 is 5.69. The minimum absolute atomic E-state index is 0.582. The Labute approximate surface area is 104 Å². The number of hydrogen-bond donors (Lipinski definition) is 0. The second-order valence-electron chi connectivity index (χ2n) is 4.50. The van der Waals surface area contributed by atoms with Crippen molar-refractivity contribution in [2.75, 3.05) is 0 Å². The highest BCUT2D eigenvalue weighted by molar-refractivity contribution is 6.70. The molecule has 0 saturated carbocycles. The Hall–Kier alpha value is -1.70. The fourth-order valence-corrected chi connectivity index (χ4v) is 1.68. The Kier molecular flexibility index (Phi) is 3.87. The van der Waals surface area contributed by atoms with E-state index in [1.54, 1.807) is 0 Å². The van der Waals surface area contributed by atoms with E-state index in [-0.39, 0.29) is 0 Å². The van der Waals surface area contributed by atoms with E-state index in [9.17, 15) is 0 Å². The van der Waals surface area contributed by atoms with Crippen molar-refractivity contribution >= 4 is 12.2 Å². The molecule has 0 heterocycles. The lowest BCUT2D eigenvalue weighted by molar-refractivity contribution is 0.306. The predicted molar refractivity (Wildman–Crippen MR) is 74.3 cm³/mol. The summed E-state index contributed by atoms with van der Waals surface area (Å²) in [5, 5.41) is 0.